The summed E-state index contributed by atoms with van der Waals surface area (Å²) in [5.41, 5.74) is 0. The van der Waals surface area contributed by atoms with Crippen LogP contribution in [0.1, 0.15) is 22.5 Å². The summed E-state index contributed by atoms with van der Waals surface area (Å²) in [6.45, 7) is 2.15. The second-order valence-electron chi connectivity index (χ2n) is 6.54. The molecule has 2 heterocycles. The number of hydrogen-bond acceptors (Lipinski definition) is 4. The average Bonchev–Trinajstić information content (AvgIpc) is 3.12. The summed E-state index contributed by atoms with van der Waals surface area (Å²) >= 11 is 3.41. The van der Waals surface area contributed by atoms with Crippen molar-refractivity contribution in [2.75, 3.05) is 19.8 Å². The number of nitrogens with one attached hydrogen (secondary N) is 1. The highest BCUT2D eigenvalue weighted by atomic mass is 32.2. The maximum absolute atomic E-state index is 12.7. The molecule has 0 spiro atoms. The summed E-state index contributed by atoms with van der Waals surface area (Å²) in [5, 5.41) is 4.31. The fourth-order valence-electron chi connectivity index (χ4n) is 3.22. The molecule has 1 aliphatic rings. The highest BCUT2D eigenvalue weighted by Gasteiger charge is 2.34. The predicted octanol–water partition coefficient (Wildman–Crippen LogP) is 4.97. The molecule has 134 valence electrons. The molecule has 1 fully saturated rings. The number of amides is 1. The molecule has 0 unspecified atom stereocenters. The summed E-state index contributed by atoms with van der Waals surface area (Å²) in [5.74, 6) is 0.0192. The molecule has 3 aromatic rings. The van der Waals surface area contributed by atoms with Crippen molar-refractivity contribution in [1.29, 1.82) is 0 Å². The lowest BCUT2D eigenvalue weighted by Gasteiger charge is -2.36. The highest BCUT2D eigenvalue weighted by Crippen LogP contribution is 2.40. The molecule has 26 heavy (non-hydrogen) atoms. The van der Waals surface area contributed by atoms with Crippen molar-refractivity contribution in [3.63, 3.8) is 0 Å². The number of benzene rings is 2. The van der Waals surface area contributed by atoms with Gasteiger partial charge in [-0.1, -0.05) is 36.4 Å². The van der Waals surface area contributed by atoms with E-state index in [0.29, 0.717) is 6.54 Å². The van der Waals surface area contributed by atoms with Gasteiger partial charge in [0, 0.05) is 34.1 Å². The Hall–Kier alpha value is -1.82. The largest absolute Gasteiger partial charge is 0.381 e. The van der Waals surface area contributed by atoms with Gasteiger partial charge < -0.3 is 10.1 Å². The standard InChI is InChI=1S/C21H21NO2S2/c23-20(19-14-16-6-4-5-9-18(16)25-19)22-15-21(10-12-24-13-11-21)26-17-7-2-1-3-8-17/h1-9,14H,10-13,15H2,(H,22,23). The van der Waals surface area contributed by atoms with Crippen LogP contribution < -0.4 is 5.32 Å². The Labute approximate surface area is 161 Å². The molecule has 3 nitrogen and oxygen atoms in total. The minimum atomic E-state index is -0.00799. The number of carbonyl (C=O) groups is 1. The van der Waals surface area contributed by atoms with E-state index < -0.39 is 0 Å². The van der Waals surface area contributed by atoms with Crippen LogP contribution in [0.15, 0.2) is 65.6 Å². The van der Waals surface area contributed by atoms with Crippen molar-refractivity contribution in [1.82, 2.24) is 5.32 Å². The van der Waals surface area contributed by atoms with Crippen molar-refractivity contribution in [3.8, 4) is 0 Å². The van der Waals surface area contributed by atoms with Gasteiger partial charge in [0.05, 0.1) is 4.88 Å². The molecule has 0 bridgehead atoms. The quantitative estimate of drug-likeness (QED) is 0.676. The van der Waals surface area contributed by atoms with E-state index in [2.05, 4.69) is 35.6 Å². The fraction of sp³-hybridized carbons (Fsp3) is 0.286. The van der Waals surface area contributed by atoms with Gasteiger partial charge in [0.2, 0.25) is 0 Å². The van der Waals surface area contributed by atoms with Gasteiger partial charge in [-0.25, -0.2) is 0 Å². The van der Waals surface area contributed by atoms with Crippen LogP contribution in [0.4, 0.5) is 0 Å². The molecule has 1 amide bonds. The zero-order valence-electron chi connectivity index (χ0n) is 14.4. The SMILES string of the molecule is O=C(NCC1(Sc2ccccc2)CCOCC1)c1cc2ccccc2s1. The van der Waals surface area contributed by atoms with Gasteiger partial charge in [0.1, 0.15) is 0 Å². The lowest BCUT2D eigenvalue weighted by atomic mass is 9.99. The normalized spacial score (nSPS) is 16.5. The summed E-state index contributed by atoms with van der Waals surface area (Å²) in [7, 11) is 0. The third-order valence-corrected chi connectivity index (χ3v) is 7.31. The third kappa shape index (κ3) is 3.95. The molecule has 4 rings (SSSR count). The van der Waals surface area contributed by atoms with Gasteiger partial charge in [-0.05, 0) is 42.5 Å². The van der Waals surface area contributed by atoms with E-state index >= 15 is 0 Å². The molecule has 1 N–H and O–H groups in total. The maximum Gasteiger partial charge on any atom is 0.261 e. The first-order chi connectivity index (χ1) is 12.7. The van der Waals surface area contributed by atoms with Crippen molar-refractivity contribution >= 4 is 39.1 Å². The summed E-state index contributed by atoms with van der Waals surface area (Å²) in [6.07, 6.45) is 1.89. The van der Waals surface area contributed by atoms with Crippen LogP contribution >= 0.6 is 23.1 Å². The first kappa shape index (κ1) is 17.6. The number of carbonyl (C=O) groups excluding carboxylic acids is 1. The van der Waals surface area contributed by atoms with E-state index in [0.717, 1.165) is 41.0 Å². The summed E-state index contributed by atoms with van der Waals surface area (Å²) < 4.78 is 6.71. The van der Waals surface area contributed by atoms with E-state index in [9.17, 15) is 4.79 Å². The molecular weight excluding hydrogens is 362 g/mol. The van der Waals surface area contributed by atoms with Gasteiger partial charge in [0.25, 0.3) is 5.91 Å². The van der Waals surface area contributed by atoms with Crippen LogP contribution in [0.2, 0.25) is 0 Å². The Morgan fingerprint density at radius 2 is 1.81 bits per heavy atom. The first-order valence-electron chi connectivity index (χ1n) is 8.83. The monoisotopic (exact) mass is 383 g/mol. The molecule has 1 aromatic heterocycles. The topological polar surface area (TPSA) is 38.3 Å². The fourth-order valence-corrected chi connectivity index (χ4v) is 5.51. The second-order valence-corrected chi connectivity index (χ2v) is 9.17. The molecule has 0 saturated carbocycles. The zero-order valence-corrected chi connectivity index (χ0v) is 16.1. The van der Waals surface area contributed by atoms with Crippen molar-refractivity contribution in [3.05, 3.63) is 65.5 Å². The number of fused-ring (bicyclic) bond motifs is 1. The third-order valence-electron chi connectivity index (χ3n) is 4.70. The Morgan fingerprint density at radius 3 is 2.58 bits per heavy atom. The maximum atomic E-state index is 12.7. The summed E-state index contributed by atoms with van der Waals surface area (Å²) in [6, 6.07) is 20.5. The van der Waals surface area contributed by atoms with Gasteiger partial charge in [-0.15, -0.1) is 23.1 Å². The van der Waals surface area contributed by atoms with Gasteiger partial charge in [0.15, 0.2) is 0 Å². The van der Waals surface area contributed by atoms with Gasteiger partial charge in [-0.3, -0.25) is 4.79 Å². The van der Waals surface area contributed by atoms with Gasteiger partial charge >= 0.3 is 0 Å². The molecule has 0 atom stereocenters. The van der Waals surface area contributed by atoms with Crippen molar-refractivity contribution in [2.45, 2.75) is 22.5 Å². The minimum Gasteiger partial charge on any atom is -0.381 e. The zero-order chi connectivity index (χ0) is 17.8. The van der Waals surface area contributed by atoms with E-state index in [1.165, 1.54) is 4.90 Å². The van der Waals surface area contributed by atoms with Crippen LogP contribution in [0.25, 0.3) is 10.1 Å². The average molecular weight is 384 g/mol. The molecule has 1 saturated heterocycles. The molecule has 0 aliphatic carbocycles. The minimum absolute atomic E-state index is 0.00799. The first-order valence-corrected chi connectivity index (χ1v) is 10.5. The van der Waals surface area contributed by atoms with Gasteiger partial charge in [-0.2, -0.15) is 0 Å². The van der Waals surface area contributed by atoms with E-state index in [1.54, 1.807) is 11.3 Å². The summed E-state index contributed by atoms with van der Waals surface area (Å²) in [4.78, 5) is 14.7. The number of ether oxygens (including phenoxy) is 1. The molecule has 0 radical (unpaired) electrons. The van der Waals surface area contributed by atoms with Crippen LogP contribution in [0.5, 0.6) is 0 Å². The number of rotatable bonds is 5. The second kappa shape index (κ2) is 7.82. The number of thioether (sulfide) groups is 1. The lowest BCUT2D eigenvalue weighted by Crippen LogP contribution is -2.44. The Balaban J connectivity index is 1.48. The number of hydrogen-bond donors (Lipinski definition) is 1. The van der Waals surface area contributed by atoms with E-state index in [1.807, 2.05) is 42.1 Å². The molecule has 5 heteroatoms. The van der Waals surface area contributed by atoms with Crippen molar-refractivity contribution < 1.29 is 9.53 Å². The lowest BCUT2D eigenvalue weighted by molar-refractivity contribution is 0.0742. The van der Waals surface area contributed by atoms with E-state index in [-0.39, 0.29) is 10.7 Å². The molecule has 2 aromatic carbocycles. The predicted molar refractivity (Wildman–Crippen MR) is 109 cm³/mol. The van der Waals surface area contributed by atoms with Crippen LogP contribution in [-0.4, -0.2) is 30.4 Å². The Kier molecular flexibility index (Phi) is 5.29. The van der Waals surface area contributed by atoms with E-state index in [4.69, 9.17) is 4.74 Å². The van der Waals surface area contributed by atoms with Crippen LogP contribution in [-0.2, 0) is 4.74 Å². The Bertz CT molecular complexity index is 852. The molecule has 1 aliphatic heterocycles. The number of thiophene rings is 1. The Morgan fingerprint density at radius 1 is 1.08 bits per heavy atom. The smallest absolute Gasteiger partial charge is 0.261 e. The van der Waals surface area contributed by atoms with Crippen molar-refractivity contribution in [2.24, 2.45) is 0 Å². The van der Waals surface area contributed by atoms with Crippen LogP contribution in [0.3, 0.4) is 0 Å². The van der Waals surface area contributed by atoms with Crippen LogP contribution in [0, 0.1) is 0 Å². The highest BCUT2D eigenvalue weighted by molar-refractivity contribution is 8.00. The molecular formula is C21H21NO2S2.